The van der Waals surface area contributed by atoms with Crippen LogP contribution in [0.25, 0.3) is 0 Å². The third-order valence-corrected chi connectivity index (χ3v) is 4.91. The van der Waals surface area contributed by atoms with Crippen molar-refractivity contribution in [2.75, 3.05) is 12.8 Å². The van der Waals surface area contributed by atoms with E-state index in [2.05, 4.69) is 0 Å². The molecule has 0 aliphatic carbocycles. The van der Waals surface area contributed by atoms with Crippen LogP contribution in [0.5, 0.6) is 0 Å². The average Bonchev–Trinajstić information content (AvgIpc) is 2.26. The van der Waals surface area contributed by atoms with Crippen molar-refractivity contribution < 1.29 is 18.0 Å². The highest BCUT2D eigenvalue weighted by atomic mass is 32.2. The predicted octanol–water partition coefficient (Wildman–Crippen LogP) is 0.780. The molecule has 0 aromatic heterocycles. The van der Waals surface area contributed by atoms with E-state index in [0.717, 1.165) is 25.5 Å². The van der Waals surface area contributed by atoms with Crippen molar-refractivity contribution in [2.24, 2.45) is 0 Å². The van der Waals surface area contributed by atoms with Crippen LogP contribution in [0.4, 0.5) is 0 Å². The van der Waals surface area contributed by atoms with Crippen molar-refractivity contribution in [3.63, 3.8) is 0 Å². The zero-order chi connectivity index (χ0) is 13.9. The first kappa shape index (κ1) is 15.1. The molecule has 0 bridgehead atoms. The van der Waals surface area contributed by atoms with Gasteiger partial charge in [-0.1, -0.05) is 0 Å². The van der Waals surface area contributed by atoms with Crippen LogP contribution in [0, 0.1) is 0 Å². The highest BCUT2D eigenvalue weighted by molar-refractivity contribution is 7.92. The molecule has 0 radical (unpaired) electrons. The summed E-state index contributed by atoms with van der Waals surface area (Å²) in [7, 11) is -3.38. The number of amides is 1. The normalized spacial score (nSPS) is 22.6. The van der Waals surface area contributed by atoms with Gasteiger partial charge in [-0.2, -0.15) is 0 Å². The molecule has 1 aliphatic heterocycles. The Kier molecular flexibility index (Phi) is 4.90. The number of ketones is 1. The van der Waals surface area contributed by atoms with Gasteiger partial charge in [-0.15, -0.1) is 0 Å². The van der Waals surface area contributed by atoms with Crippen LogP contribution >= 0.6 is 0 Å². The van der Waals surface area contributed by atoms with Crippen LogP contribution in [0.15, 0.2) is 0 Å². The second kappa shape index (κ2) is 5.82. The Morgan fingerprint density at radius 2 is 1.94 bits per heavy atom. The number of piperidine rings is 1. The van der Waals surface area contributed by atoms with Crippen molar-refractivity contribution in [2.45, 2.75) is 50.8 Å². The van der Waals surface area contributed by atoms with Gasteiger partial charge < -0.3 is 4.90 Å². The van der Waals surface area contributed by atoms with E-state index in [0.29, 0.717) is 13.0 Å². The number of hydrogen-bond acceptors (Lipinski definition) is 4. The number of rotatable bonds is 4. The molecule has 1 amide bonds. The van der Waals surface area contributed by atoms with E-state index in [4.69, 9.17) is 0 Å². The average molecular weight is 275 g/mol. The van der Waals surface area contributed by atoms with Crippen molar-refractivity contribution in [1.29, 1.82) is 0 Å². The SMILES string of the molecule is CC(=O)CC1CCCCN1C(=O)C(C)S(C)(=O)=O. The van der Waals surface area contributed by atoms with Gasteiger partial charge in [-0.3, -0.25) is 9.59 Å². The van der Waals surface area contributed by atoms with E-state index in [1.165, 1.54) is 13.8 Å². The number of hydrogen-bond donors (Lipinski definition) is 0. The van der Waals surface area contributed by atoms with Gasteiger partial charge in [0.1, 0.15) is 11.0 Å². The lowest BCUT2D eigenvalue weighted by atomic mass is 9.97. The highest BCUT2D eigenvalue weighted by Crippen LogP contribution is 2.22. The van der Waals surface area contributed by atoms with Gasteiger partial charge in [0.2, 0.25) is 5.91 Å². The largest absolute Gasteiger partial charge is 0.338 e. The smallest absolute Gasteiger partial charge is 0.240 e. The van der Waals surface area contributed by atoms with Crippen LogP contribution in [0.1, 0.15) is 39.5 Å². The maximum atomic E-state index is 12.2. The van der Waals surface area contributed by atoms with Crippen molar-refractivity contribution in [1.82, 2.24) is 4.90 Å². The molecule has 18 heavy (non-hydrogen) atoms. The molecule has 1 aliphatic rings. The number of sulfone groups is 1. The molecule has 2 atom stereocenters. The first-order valence-electron chi connectivity index (χ1n) is 6.22. The van der Waals surface area contributed by atoms with E-state index < -0.39 is 15.1 Å². The molecule has 5 nitrogen and oxygen atoms in total. The van der Waals surface area contributed by atoms with Crippen LogP contribution in [-0.4, -0.2) is 49.1 Å². The fourth-order valence-electron chi connectivity index (χ4n) is 2.25. The van der Waals surface area contributed by atoms with Gasteiger partial charge in [0.25, 0.3) is 0 Å². The summed E-state index contributed by atoms with van der Waals surface area (Å²) in [5.74, 6) is -0.338. The molecule has 0 spiro atoms. The lowest BCUT2D eigenvalue weighted by Crippen LogP contribution is -2.49. The Bertz CT molecular complexity index is 429. The third-order valence-electron chi connectivity index (χ3n) is 3.42. The third kappa shape index (κ3) is 3.80. The monoisotopic (exact) mass is 275 g/mol. The van der Waals surface area contributed by atoms with E-state index in [-0.39, 0.29) is 17.7 Å². The Morgan fingerprint density at radius 3 is 2.44 bits per heavy atom. The number of likely N-dealkylation sites (tertiary alicyclic amines) is 1. The summed E-state index contributed by atoms with van der Waals surface area (Å²) >= 11 is 0. The quantitative estimate of drug-likeness (QED) is 0.760. The second-order valence-corrected chi connectivity index (χ2v) is 7.43. The summed E-state index contributed by atoms with van der Waals surface area (Å²) in [5, 5.41) is -1.02. The molecular formula is C12H21NO4S. The minimum atomic E-state index is -3.38. The van der Waals surface area contributed by atoms with Crippen LogP contribution in [0.2, 0.25) is 0 Å². The van der Waals surface area contributed by atoms with Crippen molar-refractivity contribution in [3.05, 3.63) is 0 Å². The maximum absolute atomic E-state index is 12.2. The molecule has 104 valence electrons. The molecule has 0 aromatic carbocycles. The second-order valence-electron chi connectivity index (χ2n) is 5.06. The first-order valence-corrected chi connectivity index (χ1v) is 8.17. The zero-order valence-electron chi connectivity index (χ0n) is 11.2. The van der Waals surface area contributed by atoms with Gasteiger partial charge in [-0.05, 0) is 33.1 Å². The minimum Gasteiger partial charge on any atom is -0.338 e. The predicted molar refractivity (Wildman–Crippen MR) is 69.0 cm³/mol. The summed E-state index contributed by atoms with van der Waals surface area (Å²) in [6.07, 6.45) is 4.02. The Labute approximate surface area is 108 Å². The Balaban J connectivity index is 2.83. The van der Waals surface area contributed by atoms with E-state index in [1.807, 2.05) is 0 Å². The van der Waals surface area contributed by atoms with Crippen LogP contribution in [-0.2, 0) is 19.4 Å². The van der Waals surface area contributed by atoms with Gasteiger partial charge in [0.15, 0.2) is 9.84 Å². The Hall–Kier alpha value is -0.910. The summed E-state index contributed by atoms with van der Waals surface area (Å²) < 4.78 is 22.9. The molecule has 0 N–H and O–H groups in total. The van der Waals surface area contributed by atoms with Gasteiger partial charge >= 0.3 is 0 Å². The fourth-order valence-corrected chi connectivity index (χ4v) is 2.75. The molecule has 0 aromatic rings. The van der Waals surface area contributed by atoms with Crippen LogP contribution < -0.4 is 0 Å². The molecule has 1 fully saturated rings. The Morgan fingerprint density at radius 1 is 1.33 bits per heavy atom. The van der Waals surface area contributed by atoms with Gasteiger partial charge in [-0.25, -0.2) is 8.42 Å². The zero-order valence-corrected chi connectivity index (χ0v) is 12.0. The molecule has 0 saturated carbocycles. The van der Waals surface area contributed by atoms with E-state index in [9.17, 15) is 18.0 Å². The van der Waals surface area contributed by atoms with E-state index in [1.54, 1.807) is 4.90 Å². The lowest BCUT2D eigenvalue weighted by Gasteiger charge is -2.36. The molecule has 2 unspecified atom stereocenters. The summed E-state index contributed by atoms with van der Waals surface area (Å²) in [6.45, 7) is 3.46. The summed E-state index contributed by atoms with van der Waals surface area (Å²) in [4.78, 5) is 24.9. The molecule has 1 saturated heterocycles. The van der Waals surface area contributed by atoms with Crippen molar-refractivity contribution in [3.8, 4) is 0 Å². The molecule has 6 heteroatoms. The first-order chi connectivity index (χ1) is 8.23. The molecule has 1 rings (SSSR count). The van der Waals surface area contributed by atoms with Gasteiger partial charge in [0, 0.05) is 25.3 Å². The van der Waals surface area contributed by atoms with Crippen molar-refractivity contribution >= 4 is 21.5 Å². The summed E-state index contributed by atoms with van der Waals surface area (Å²) in [5.41, 5.74) is 0. The fraction of sp³-hybridized carbons (Fsp3) is 0.833. The number of carbonyl (C=O) groups is 2. The van der Waals surface area contributed by atoms with E-state index >= 15 is 0 Å². The number of nitrogens with zero attached hydrogens (tertiary/aromatic N) is 1. The topological polar surface area (TPSA) is 71.5 Å². The van der Waals surface area contributed by atoms with Crippen LogP contribution in [0.3, 0.4) is 0 Å². The minimum absolute atomic E-state index is 0.0340. The number of carbonyl (C=O) groups excluding carboxylic acids is 2. The summed E-state index contributed by atoms with van der Waals surface area (Å²) in [6, 6.07) is -0.132. The standard InChI is InChI=1S/C12H21NO4S/c1-9(14)8-11-6-4-5-7-13(11)12(15)10(2)18(3,16)17/h10-11H,4-8H2,1-3H3. The lowest BCUT2D eigenvalue weighted by molar-refractivity contribution is -0.135. The molecule has 1 heterocycles. The molecular weight excluding hydrogens is 254 g/mol. The highest BCUT2D eigenvalue weighted by Gasteiger charge is 2.34. The number of Topliss-reactive ketones (excluding diaryl/α,β-unsaturated/α-hetero) is 1. The van der Waals surface area contributed by atoms with Gasteiger partial charge in [0.05, 0.1) is 0 Å². The maximum Gasteiger partial charge on any atom is 0.240 e.